The summed E-state index contributed by atoms with van der Waals surface area (Å²) >= 11 is 0. The van der Waals surface area contributed by atoms with Crippen LogP contribution in [0.15, 0.2) is 0 Å². The molecular formula is C7H12FNO2. The molecular weight excluding hydrogens is 149 g/mol. The van der Waals surface area contributed by atoms with Crippen molar-refractivity contribution in [1.29, 1.82) is 0 Å². The van der Waals surface area contributed by atoms with Crippen LogP contribution in [-0.2, 0) is 9.53 Å². The zero-order valence-electron chi connectivity index (χ0n) is 6.85. The first kappa shape index (κ1) is 8.46. The minimum absolute atomic E-state index is 0.257. The van der Waals surface area contributed by atoms with E-state index in [9.17, 15) is 9.18 Å². The standard InChI is InChI=1S/C7H12FNO2/c1-4-6(10)9-5(2)7(3,8)11-4/h4-5H,1-3H3,(H,9,10). The fourth-order valence-electron chi connectivity index (χ4n) is 0.961. The maximum atomic E-state index is 13.3. The average Bonchev–Trinajstić information content (AvgIpc) is 1.83. The van der Waals surface area contributed by atoms with Crippen LogP contribution in [0.5, 0.6) is 0 Å². The lowest BCUT2D eigenvalue weighted by molar-refractivity contribution is -0.205. The van der Waals surface area contributed by atoms with Gasteiger partial charge in [0.05, 0.1) is 6.04 Å². The molecule has 1 amide bonds. The van der Waals surface area contributed by atoms with Crippen molar-refractivity contribution in [3.05, 3.63) is 0 Å². The van der Waals surface area contributed by atoms with E-state index in [4.69, 9.17) is 4.74 Å². The molecule has 0 saturated carbocycles. The van der Waals surface area contributed by atoms with Gasteiger partial charge in [-0.05, 0) is 20.8 Å². The molecule has 4 heteroatoms. The van der Waals surface area contributed by atoms with Crippen molar-refractivity contribution < 1.29 is 13.9 Å². The molecule has 0 radical (unpaired) electrons. The molecule has 64 valence electrons. The molecule has 0 aromatic heterocycles. The Labute approximate surface area is 64.9 Å². The molecule has 1 aliphatic heterocycles. The molecule has 3 unspecified atom stereocenters. The van der Waals surface area contributed by atoms with Gasteiger partial charge in [0.15, 0.2) is 0 Å². The van der Waals surface area contributed by atoms with Crippen LogP contribution in [0.4, 0.5) is 4.39 Å². The molecule has 1 fully saturated rings. The summed E-state index contributed by atoms with van der Waals surface area (Å²) in [5.41, 5.74) is 0. The van der Waals surface area contributed by atoms with Gasteiger partial charge in [-0.3, -0.25) is 4.79 Å². The van der Waals surface area contributed by atoms with E-state index in [0.29, 0.717) is 0 Å². The van der Waals surface area contributed by atoms with Crippen LogP contribution < -0.4 is 5.32 Å². The van der Waals surface area contributed by atoms with Crippen molar-refractivity contribution in [3.63, 3.8) is 0 Å². The fourth-order valence-corrected chi connectivity index (χ4v) is 0.961. The summed E-state index contributed by atoms with van der Waals surface area (Å²) < 4.78 is 18.1. The first-order valence-corrected chi connectivity index (χ1v) is 3.60. The molecule has 1 rings (SSSR count). The second-order valence-corrected chi connectivity index (χ2v) is 2.98. The number of nitrogens with one attached hydrogen (secondary N) is 1. The monoisotopic (exact) mass is 161 g/mol. The van der Waals surface area contributed by atoms with Gasteiger partial charge in [-0.1, -0.05) is 0 Å². The Hall–Kier alpha value is -0.640. The molecule has 0 aliphatic carbocycles. The Morgan fingerprint density at radius 3 is 2.64 bits per heavy atom. The minimum atomic E-state index is -1.74. The van der Waals surface area contributed by atoms with Crippen molar-refractivity contribution in [2.75, 3.05) is 0 Å². The van der Waals surface area contributed by atoms with E-state index in [-0.39, 0.29) is 5.91 Å². The predicted octanol–water partition coefficient (Wildman–Crippen LogP) is 0.595. The highest BCUT2D eigenvalue weighted by Crippen LogP contribution is 2.23. The van der Waals surface area contributed by atoms with E-state index in [1.807, 2.05) is 0 Å². The van der Waals surface area contributed by atoms with Gasteiger partial charge in [-0.25, -0.2) is 4.39 Å². The number of rotatable bonds is 0. The lowest BCUT2D eigenvalue weighted by Crippen LogP contribution is -2.58. The quantitative estimate of drug-likeness (QED) is 0.565. The highest BCUT2D eigenvalue weighted by molar-refractivity contribution is 5.81. The van der Waals surface area contributed by atoms with Crippen molar-refractivity contribution in [2.45, 2.75) is 38.8 Å². The van der Waals surface area contributed by atoms with Crippen molar-refractivity contribution in [3.8, 4) is 0 Å². The number of morpholine rings is 1. The number of halogens is 1. The zero-order chi connectivity index (χ0) is 8.65. The topological polar surface area (TPSA) is 38.3 Å². The van der Waals surface area contributed by atoms with E-state index in [0.717, 1.165) is 0 Å². The highest BCUT2D eigenvalue weighted by atomic mass is 19.2. The molecule has 3 atom stereocenters. The van der Waals surface area contributed by atoms with Gasteiger partial charge >= 0.3 is 0 Å². The molecule has 0 bridgehead atoms. The van der Waals surface area contributed by atoms with Crippen LogP contribution in [0.2, 0.25) is 0 Å². The van der Waals surface area contributed by atoms with Gasteiger partial charge < -0.3 is 10.1 Å². The first-order chi connectivity index (χ1) is 4.93. The van der Waals surface area contributed by atoms with Crippen LogP contribution in [0, 0.1) is 0 Å². The van der Waals surface area contributed by atoms with Gasteiger partial charge in [0.1, 0.15) is 6.10 Å². The molecule has 3 nitrogen and oxygen atoms in total. The molecule has 1 saturated heterocycles. The molecule has 0 spiro atoms. The van der Waals surface area contributed by atoms with Crippen molar-refractivity contribution in [2.24, 2.45) is 0 Å². The van der Waals surface area contributed by atoms with Gasteiger partial charge in [-0.15, -0.1) is 0 Å². The molecule has 11 heavy (non-hydrogen) atoms. The Bertz CT molecular complexity index is 181. The van der Waals surface area contributed by atoms with Gasteiger partial charge in [-0.2, -0.15) is 0 Å². The third kappa shape index (κ3) is 1.50. The third-order valence-electron chi connectivity index (χ3n) is 1.91. The number of carbonyl (C=O) groups excluding carboxylic acids is 1. The summed E-state index contributed by atoms with van der Waals surface area (Å²) in [6.45, 7) is 4.41. The van der Waals surface area contributed by atoms with Gasteiger partial charge in [0, 0.05) is 0 Å². The lowest BCUT2D eigenvalue weighted by Gasteiger charge is -2.36. The summed E-state index contributed by atoms with van der Waals surface area (Å²) in [6, 6.07) is -0.578. The SMILES string of the molecule is CC1OC(C)(F)C(C)NC1=O. The largest absolute Gasteiger partial charge is 0.346 e. The Morgan fingerprint density at radius 1 is 1.64 bits per heavy atom. The number of ether oxygens (including phenoxy) is 1. The molecule has 0 aromatic rings. The Morgan fingerprint density at radius 2 is 2.18 bits per heavy atom. The highest BCUT2D eigenvalue weighted by Gasteiger charge is 2.41. The summed E-state index contributed by atoms with van der Waals surface area (Å²) in [7, 11) is 0. The molecule has 1 N–H and O–H groups in total. The molecule has 1 aliphatic rings. The van der Waals surface area contributed by atoms with E-state index in [1.165, 1.54) is 13.8 Å². The second-order valence-electron chi connectivity index (χ2n) is 2.98. The van der Waals surface area contributed by atoms with Crippen LogP contribution in [-0.4, -0.2) is 23.9 Å². The summed E-state index contributed by atoms with van der Waals surface area (Å²) in [5.74, 6) is -2.00. The van der Waals surface area contributed by atoms with E-state index < -0.39 is 18.0 Å². The van der Waals surface area contributed by atoms with Crippen LogP contribution in [0.1, 0.15) is 20.8 Å². The lowest BCUT2D eigenvalue weighted by atomic mass is 10.1. The van der Waals surface area contributed by atoms with Crippen LogP contribution in [0.3, 0.4) is 0 Å². The second kappa shape index (κ2) is 2.44. The number of alkyl halides is 1. The number of hydrogen-bond donors (Lipinski definition) is 1. The van der Waals surface area contributed by atoms with E-state index in [1.54, 1.807) is 6.92 Å². The third-order valence-corrected chi connectivity index (χ3v) is 1.91. The number of carbonyl (C=O) groups is 1. The van der Waals surface area contributed by atoms with Crippen molar-refractivity contribution in [1.82, 2.24) is 5.32 Å². The van der Waals surface area contributed by atoms with E-state index in [2.05, 4.69) is 5.32 Å². The number of hydrogen-bond acceptors (Lipinski definition) is 2. The van der Waals surface area contributed by atoms with Gasteiger partial charge in [0.2, 0.25) is 11.8 Å². The maximum absolute atomic E-state index is 13.3. The Kier molecular flexibility index (Phi) is 1.88. The first-order valence-electron chi connectivity index (χ1n) is 3.60. The zero-order valence-corrected chi connectivity index (χ0v) is 6.85. The Balaban J connectivity index is 2.70. The summed E-state index contributed by atoms with van der Waals surface area (Å²) in [6.07, 6.45) is -0.693. The van der Waals surface area contributed by atoms with E-state index >= 15 is 0 Å². The summed E-state index contributed by atoms with van der Waals surface area (Å²) in [5, 5.41) is 2.48. The minimum Gasteiger partial charge on any atom is -0.346 e. The molecule has 1 heterocycles. The normalized spacial score (nSPS) is 45.3. The number of amides is 1. The smallest absolute Gasteiger partial charge is 0.249 e. The van der Waals surface area contributed by atoms with Gasteiger partial charge in [0.25, 0.3) is 0 Å². The summed E-state index contributed by atoms with van der Waals surface area (Å²) in [4.78, 5) is 10.9. The average molecular weight is 161 g/mol. The maximum Gasteiger partial charge on any atom is 0.249 e. The fraction of sp³-hybridized carbons (Fsp3) is 0.857. The predicted molar refractivity (Wildman–Crippen MR) is 37.7 cm³/mol. The van der Waals surface area contributed by atoms with Crippen molar-refractivity contribution >= 4 is 5.91 Å². The van der Waals surface area contributed by atoms with Crippen LogP contribution in [0.25, 0.3) is 0 Å². The van der Waals surface area contributed by atoms with Crippen LogP contribution >= 0.6 is 0 Å². The molecule has 0 aromatic carbocycles.